The molecule has 0 aliphatic carbocycles. The number of ketones is 1. The van der Waals surface area contributed by atoms with E-state index in [-0.39, 0.29) is 11.3 Å². The summed E-state index contributed by atoms with van der Waals surface area (Å²) in [6.45, 7) is 0.489. The smallest absolute Gasteiger partial charge is 0.387 e. The van der Waals surface area contributed by atoms with Crippen LogP contribution in [0.25, 0.3) is 6.08 Å². The Hall–Kier alpha value is -3.22. The first-order valence-corrected chi connectivity index (χ1v) is 8.55. The summed E-state index contributed by atoms with van der Waals surface area (Å²) in [6, 6.07) is 11.3. The minimum Gasteiger partial charge on any atom is -0.494 e. The first-order chi connectivity index (χ1) is 13.4. The summed E-state index contributed by atoms with van der Waals surface area (Å²) >= 11 is 0. The third-order valence-electron chi connectivity index (χ3n) is 3.60. The van der Waals surface area contributed by atoms with E-state index in [9.17, 15) is 18.4 Å². The fourth-order valence-corrected chi connectivity index (χ4v) is 2.33. The number of esters is 1. The number of aryl methyl sites for hydroxylation is 1. The van der Waals surface area contributed by atoms with Crippen LogP contribution in [0, 0.1) is 6.92 Å². The summed E-state index contributed by atoms with van der Waals surface area (Å²) in [5, 5.41) is 0. The lowest BCUT2D eigenvalue weighted by molar-refractivity contribution is -0.136. The number of alkyl halides is 2. The minimum atomic E-state index is -3.06. The van der Waals surface area contributed by atoms with E-state index in [0.29, 0.717) is 17.9 Å². The monoisotopic (exact) mass is 390 g/mol. The molecule has 0 atom stereocenters. The molecule has 0 N–H and O–H groups in total. The van der Waals surface area contributed by atoms with Crippen molar-refractivity contribution in [2.24, 2.45) is 0 Å². The average molecular weight is 390 g/mol. The molecule has 0 amide bonds. The standard InChI is InChI=1S/C21H20F2O5/c1-3-26-16-8-5-15(6-9-16)7-11-20(25)27-13-18(24)17-12-14(2)4-10-19(17)28-21(22)23/h4-12,21H,3,13H2,1-2H3/b11-7+. The van der Waals surface area contributed by atoms with Crippen LogP contribution < -0.4 is 9.47 Å². The maximum atomic E-state index is 12.5. The Morgan fingerprint density at radius 2 is 1.82 bits per heavy atom. The highest BCUT2D eigenvalue weighted by atomic mass is 19.3. The van der Waals surface area contributed by atoms with Gasteiger partial charge in [-0.3, -0.25) is 4.79 Å². The lowest BCUT2D eigenvalue weighted by Gasteiger charge is -2.10. The van der Waals surface area contributed by atoms with Crippen LogP contribution in [-0.4, -0.2) is 31.6 Å². The molecule has 0 aliphatic heterocycles. The molecule has 0 spiro atoms. The second-order valence-electron chi connectivity index (χ2n) is 5.74. The highest BCUT2D eigenvalue weighted by molar-refractivity contribution is 6.01. The largest absolute Gasteiger partial charge is 0.494 e. The Morgan fingerprint density at radius 1 is 1.11 bits per heavy atom. The average Bonchev–Trinajstić information content (AvgIpc) is 2.67. The highest BCUT2D eigenvalue weighted by Crippen LogP contribution is 2.22. The fraction of sp³-hybridized carbons (Fsp3) is 0.238. The molecule has 0 bridgehead atoms. The van der Waals surface area contributed by atoms with E-state index >= 15 is 0 Å². The fourth-order valence-electron chi connectivity index (χ4n) is 2.33. The molecule has 0 saturated carbocycles. The number of benzene rings is 2. The van der Waals surface area contributed by atoms with Gasteiger partial charge in [0.05, 0.1) is 12.2 Å². The van der Waals surface area contributed by atoms with Crippen LogP contribution in [0.4, 0.5) is 8.78 Å². The normalized spacial score (nSPS) is 10.9. The predicted octanol–water partition coefficient (Wildman–Crippen LogP) is 4.43. The van der Waals surface area contributed by atoms with Crippen molar-refractivity contribution in [2.45, 2.75) is 20.5 Å². The summed E-state index contributed by atoms with van der Waals surface area (Å²) in [5.74, 6) is -0.909. The second kappa shape index (κ2) is 10.2. The number of carbonyl (C=O) groups excluding carboxylic acids is 2. The zero-order chi connectivity index (χ0) is 20.5. The van der Waals surface area contributed by atoms with Gasteiger partial charge in [-0.2, -0.15) is 8.78 Å². The number of halogens is 2. The molecule has 0 aromatic heterocycles. The highest BCUT2D eigenvalue weighted by Gasteiger charge is 2.17. The summed E-state index contributed by atoms with van der Waals surface area (Å²) in [5.41, 5.74) is 1.37. The number of hydrogen-bond donors (Lipinski definition) is 0. The van der Waals surface area contributed by atoms with E-state index in [1.807, 2.05) is 6.92 Å². The Labute approximate surface area is 161 Å². The van der Waals surface area contributed by atoms with Crippen molar-refractivity contribution in [2.75, 3.05) is 13.2 Å². The molecule has 5 nitrogen and oxygen atoms in total. The number of hydrogen-bond acceptors (Lipinski definition) is 5. The summed E-state index contributed by atoms with van der Waals surface area (Å²) in [7, 11) is 0. The van der Waals surface area contributed by atoms with Gasteiger partial charge in [-0.15, -0.1) is 0 Å². The van der Waals surface area contributed by atoms with Gasteiger partial charge in [0.2, 0.25) is 5.78 Å². The topological polar surface area (TPSA) is 61.8 Å². The van der Waals surface area contributed by atoms with Gasteiger partial charge < -0.3 is 14.2 Å². The Balaban J connectivity index is 1.95. The van der Waals surface area contributed by atoms with Crippen LogP contribution in [0.15, 0.2) is 48.5 Å². The molecule has 28 heavy (non-hydrogen) atoms. The van der Waals surface area contributed by atoms with Gasteiger partial charge in [-0.25, -0.2) is 4.79 Å². The number of Topliss-reactive ketones (excluding diaryl/α,β-unsaturated/α-hetero) is 1. The van der Waals surface area contributed by atoms with Crippen LogP contribution in [-0.2, 0) is 9.53 Å². The summed E-state index contributed by atoms with van der Waals surface area (Å²) < 4.78 is 39.5. The molecule has 148 valence electrons. The van der Waals surface area contributed by atoms with Gasteiger partial charge in [-0.05, 0) is 49.8 Å². The molecule has 2 rings (SSSR count). The Kier molecular flexibility index (Phi) is 7.68. The lowest BCUT2D eigenvalue weighted by Crippen LogP contribution is -2.15. The second-order valence-corrected chi connectivity index (χ2v) is 5.74. The lowest BCUT2D eigenvalue weighted by atomic mass is 10.1. The zero-order valence-electron chi connectivity index (χ0n) is 15.5. The third kappa shape index (κ3) is 6.50. The predicted molar refractivity (Wildman–Crippen MR) is 99.7 cm³/mol. The zero-order valence-corrected chi connectivity index (χ0v) is 15.5. The van der Waals surface area contributed by atoms with E-state index in [1.165, 1.54) is 24.3 Å². The van der Waals surface area contributed by atoms with Gasteiger partial charge >= 0.3 is 12.6 Å². The SMILES string of the molecule is CCOc1ccc(/C=C/C(=O)OCC(=O)c2cc(C)ccc2OC(F)F)cc1. The van der Waals surface area contributed by atoms with Crippen molar-refractivity contribution < 1.29 is 32.6 Å². The summed E-state index contributed by atoms with van der Waals surface area (Å²) in [4.78, 5) is 24.1. The van der Waals surface area contributed by atoms with Crippen LogP contribution in [0.2, 0.25) is 0 Å². The number of rotatable bonds is 9. The molecule has 2 aromatic carbocycles. The quantitative estimate of drug-likeness (QED) is 0.360. The molecule has 0 unspecified atom stereocenters. The van der Waals surface area contributed by atoms with E-state index in [1.54, 1.807) is 37.3 Å². The molecule has 7 heteroatoms. The van der Waals surface area contributed by atoms with Crippen molar-refractivity contribution in [3.63, 3.8) is 0 Å². The van der Waals surface area contributed by atoms with Gasteiger partial charge in [0.25, 0.3) is 0 Å². The van der Waals surface area contributed by atoms with E-state index in [0.717, 1.165) is 5.56 Å². The number of carbonyl (C=O) groups is 2. The maximum absolute atomic E-state index is 12.5. The molecular weight excluding hydrogens is 370 g/mol. The molecule has 2 aromatic rings. The Bertz CT molecular complexity index is 844. The van der Waals surface area contributed by atoms with Gasteiger partial charge in [0, 0.05) is 6.08 Å². The third-order valence-corrected chi connectivity index (χ3v) is 3.60. The van der Waals surface area contributed by atoms with Gasteiger partial charge in [0.1, 0.15) is 11.5 Å². The van der Waals surface area contributed by atoms with Crippen LogP contribution in [0.1, 0.15) is 28.4 Å². The first kappa shape index (κ1) is 21.1. The molecule has 0 radical (unpaired) electrons. The van der Waals surface area contributed by atoms with Crippen LogP contribution in [0.5, 0.6) is 11.5 Å². The van der Waals surface area contributed by atoms with Crippen LogP contribution >= 0.6 is 0 Å². The van der Waals surface area contributed by atoms with Gasteiger partial charge in [-0.1, -0.05) is 23.8 Å². The molecule has 0 fully saturated rings. The number of ether oxygens (including phenoxy) is 3. The maximum Gasteiger partial charge on any atom is 0.387 e. The van der Waals surface area contributed by atoms with Crippen LogP contribution in [0.3, 0.4) is 0 Å². The van der Waals surface area contributed by atoms with E-state index in [4.69, 9.17) is 9.47 Å². The van der Waals surface area contributed by atoms with E-state index < -0.39 is 25.0 Å². The van der Waals surface area contributed by atoms with E-state index in [2.05, 4.69) is 4.74 Å². The van der Waals surface area contributed by atoms with Gasteiger partial charge in [0.15, 0.2) is 6.61 Å². The summed E-state index contributed by atoms with van der Waals surface area (Å²) in [6.07, 6.45) is 2.70. The first-order valence-electron chi connectivity index (χ1n) is 8.55. The van der Waals surface area contributed by atoms with Crippen molar-refractivity contribution >= 4 is 17.8 Å². The molecular formula is C21H20F2O5. The molecule has 0 saturated heterocycles. The molecule has 0 heterocycles. The van der Waals surface area contributed by atoms with Crippen molar-refractivity contribution in [1.82, 2.24) is 0 Å². The Morgan fingerprint density at radius 3 is 2.46 bits per heavy atom. The molecule has 0 aliphatic rings. The van der Waals surface area contributed by atoms with Crippen molar-refractivity contribution in [1.29, 1.82) is 0 Å². The minimum absolute atomic E-state index is 0.0661. The van der Waals surface area contributed by atoms with Crippen molar-refractivity contribution in [3.05, 3.63) is 65.2 Å². The van der Waals surface area contributed by atoms with Crippen molar-refractivity contribution in [3.8, 4) is 11.5 Å².